The summed E-state index contributed by atoms with van der Waals surface area (Å²) in [5.41, 5.74) is 0. The molecule has 22 heavy (non-hydrogen) atoms. The van der Waals surface area contributed by atoms with Crippen LogP contribution in [0.1, 0.15) is 39.5 Å². The molecule has 0 spiro atoms. The summed E-state index contributed by atoms with van der Waals surface area (Å²) >= 11 is 0. The van der Waals surface area contributed by atoms with Crippen molar-refractivity contribution in [3.05, 3.63) is 0 Å². The first-order valence-corrected chi connectivity index (χ1v) is 7.36. The topological polar surface area (TPSA) is 98.7 Å². The van der Waals surface area contributed by atoms with Gasteiger partial charge in [0.05, 0.1) is 11.8 Å². The molecule has 8 heteroatoms. The van der Waals surface area contributed by atoms with Crippen molar-refractivity contribution in [2.45, 2.75) is 51.6 Å². The van der Waals surface area contributed by atoms with Crippen molar-refractivity contribution in [3.8, 4) is 0 Å². The number of aliphatic carboxylic acids is 2. The first-order chi connectivity index (χ1) is 9.43. The molecular formula is C14H28Cl2N2O4. The first kappa shape index (κ1) is 23.7. The van der Waals surface area contributed by atoms with Crippen molar-refractivity contribution in [2.75, 3.05) is 13.1 Å². The number of carbonyl (C=O) groups is 2. The second-order valence-corrected chi connectivity index (χ2v) is 5.66. The third-order valence-electron chi connectivity index (χ3n) is 4.16. The average Bonchev–Trinajstić information content (AvgIpc) is 2.40. The van der Waals surface area contributed by atoms with Gasteiger partial charge in [-0.1, -0.05) is 0 Å². The van der Waals surface area contributed by atoms with E-state index in [1.54, 1.807) is 0 Å². The molecule has 2 heterocycles. The number of hydrogen-bond acceptors (Lipinski definition) is 4. The minimum atomic E-state index is -0.667. The fourth-order valence-corrected chi connectivity index (χ4v) is 2.76. The highest BCUT2D eigenvalue weighted by Crippen LogP contribution is 2.16. The van der Waals surface area contributed by atoms with E-state index in [0.717, 1.165) is 38.8 Å². The van der Waals surface area contributed by atoms with Gasteiger partial charge in [0.15, 0.2) is 0 Å². The van der Waals surface area contributed by atoms with E-state index < -0.39 is 11.9 Å². The fraction of sp³-hybridized carbons (Fsp3) is 0.857. The van der Waals surface area contributed by atoms with Crippen LogP contribution in [0.5, 0.6) is 0 Å². The van der Waals surface area contributed by atoms with Gasteiger partial charge in [-0.25, -0.2) is 0 Å². The molecular weight excluding hydrogens is 331 g/mol. The van der Waals surface area contributed by atoms with Crippen LogP contribution < -0.4 is 10.6 Å². The van der Waals surface area contributed by atoms with E-state index >= 15 is 0 Å². The Hall–Kier alpha value is -0.560. The van der Waals surface area contributed by atoms with Gasteiger partial charge in [-0.15, -0.1) is 24.8 Å². The lowest BCUT2D eigenvalue weighted by atomic mass is 9.92. The van der Waals surface area contributed by atoms with Crippen molar-refractivity contribution in [2.24, 2.45) is 11.8 Å². The summed E-state index contributed by atoms with van der Waals surface area (Å²) in [7, 11) is 0. The minimum absolute atomic E-state index is 0. The molecule has 0 amide bonds. The molecule has 0 unspecified atom stereocenters. The molecule has 0 bridgehead atoms. The lowest BCUT2D eigenvalue weighted by molar-refractivity contribution is -0.144. The Morgan fingerprint density at radius 3 is 1.32 bits per heavy atom. The van der Waals surface area contributed by atoms with Crippen molar-refractivity contribution in [1.82, 2.24) is 10.6 Å². The number of hydrogen-bond donors (Lipinski definition) is 4. The second-order valence-electron chi connectivity index (χ2n) is 5.66. The fourth-order valence-electron chi connectivity index (χ4n) is 2.76. The van der Waals surface area contributed by atoms with E-state index in [-0.39, 0.29) is 48.7 Å². The Morgan fingerprint density at radius 1 is 0.818 bits per heavy atom. The number of piperidine rings is 2. The van der Waals surface area contributed by atoms with Crippen LogP contribution in [0, 0.1) is 11.8 Å². The molecule has 0 saturated carbocycles. The largest absolute Gasteiger partial charge is 0.481 e. The summed E-state index contributed by atoms with van der Waals surface area (Å²) in [6.07, 6.45) is 3.62. The highest BCUT2D eigenvalue weighted by Gasteiger charge is 2.27. The molecule has 2 fully saturated rings. The third-order valence-corrected chi connectivity index (χ3v) is 4.16. The van der Waals surface area contributed by atoms with E-state index in [1.165, 1.54) is 0 Å². The van der Waals surface area contributed by atoms with Gasteiger partial charge in [0.1, 0.15) is 0 Å². The van der Waals surface area contributed by atoms with Crippen molar-refractivity contribution < 1.29 is 19.8 Å². The Labute approximate surface area is 144 Å². The molecule has 0 aromatic heterocycles. The number of carboxylic acid groups (broad SMARTS) is 2. The zero-order valence-electron chi connectivity index (χ0n) is 13.1. The molecule has 2 aliphatic rings. The van der Waals surface area contributed by atoms with Gasteiger partial charge in [-0.05, 0) is 52.6 Å². The summed E-state index contributed by atoms with van der Waals surface area (Å²) < 4.78 is 0. The van der Waals surface area contributed by atoms with E-state index in [2.05, 4.69) is 10.6 Å². The maximum atomic E-state index is 10.5. The van der Waals surface area contributed by atoms with Crippen LogP contribution >= 0.6 is 24.8 Å². The van der Waals surface area contributed by atoms with Gasteiger partial charge >= 0.3 is 11.9 Å². The Bertz CT molecular complexity index is 313. The summed E-state index contributed by atoms with van der Waals surface area (Å²) in [4.78, 5) is 21.0. The summed E-state index contributed by atoms with van der Waals surface area (Å²) in [6, 6.07) is 0.289. The molecule has 4 atom stereocenters. The predicted octanol–water partition coefficient (Wildman–Crippen LogP) is 1.76. The number of nitrogens with one attached hydrogen (secondary N) is 2. The van der Waals surface area contributed by atoms with Crippen LogP contribution in [0.3, 0.4) is 0 Å². The minimum Gasteiger partial charge on any atom is -0.481 e. The molecule has 2 rings (SSSR count). The molecule has 2 aliphatic heterocycles. The standard InChI is InChI=1S/2C7H13NO2.2ClH/c2*1-5-6(7(9)10)3-2-4-8-5;;/h2*5-6,8H,2-4H2,1H3,(H,9,10);2*1H/t2*5-,6-;;/m10../s1. The summed E-state index contributed by atoms with van der Waals surface area (Å²) in [5, 5.41) is 23.6. The summed E-state index contributed by atoms with van der Waals surface area (Å²) in [5.74, 6) is -1.68. The van der Waals surface area contributed by atoms with Gasteiger partial charge < -0.3 is 20.8 Å². The monoisotopic (exact) mass is 358 g/mol. The van der Waals surface area contributed by atoms with Crippen molar-refractivity contribution in [3.63, 3.8) is 0 Å². The number of halogens is 2. The predicted molar refractivity (Wildman–Crippen MR) is 90.1 cm³/mol. The van der Waals surface area contributed by atoms with E-state index in [1.807, 2.05) is 13.8 Å². The smallest absolute Gasteiger partial charge is 0.308 e. The van der Waals surface area contributed by atoms with E-state index in [9.17, 15) is 9.59 Å². The van der Waals surface area contributed by atoms with Crippen LogP contribution in [0.15, 0.2) is 0 Å². The highest BCUT2D eigenvalue weighted by atomic mass is 35.5. The van der Waals surface area contributed by atoms with Gasteiger partial charge in [-0.2, -0.15) is 0 Å². The molecule has 0 aliphatic carbocycles. The van der Waals surface area contributed by atoms with Gasteiger partial charge in [-0.3, -0.25) is 9.59 Å². The van der Waals surface area contributed by atoms with E-state index in [0.29, 0.717) is 0 Å². The Kier molecular flexibility index (Phi) is 12.9. The second kappa shape index (κ2) is 11.9. The van der Waals surface area contributed by atoms with Crippen LogP contribution in [0.25, 0.3) is 0 Å². The zero-order chi connectivity index (χ0) is 15.1. The van der Waals surface area contributed by atoms with Gasteiger partial charge in [0, 0.05) is 12.1 Å². The van der Waals surface area contributed by atoms with E-state index in [4.69, 9.17) is 10.2 Å². The number of rotatable bonds is 2. The van der Waals surface area contributed by atoms with Gasteiger partial charge in [0.2, 0.25) is 0 Å². The van der Waals surface area contributed by atoms with Crippen LogP contribution in [-0.2, 0) is 9.59 Å². The Balaban J connectivity index is 0. The first-order valence-electron chi connectivity index (χ1n) is 7.36. The molecule has 2 saturated heterocycles. The van der Waals surface area contributed by atoms with Crippen molar-refractivity contribution >= 4 is 36.8 Å². The SMILES string of the molecule is C[C@@H]1NCCC[C@@H]1C(=O)O.C[C@H]1NCCC[C@H]1C(=O)O.Cl.Cl. The van der Waals surface area contributed by atoms with Crippen LogP contribution in [0.4, 0.5) is 0 Å². The van der Waals surface area contributed by atoms with Gasteiger partial charge in [0.25, 0.3) is 0 Å². The molecule has 0 radical (unpaired) electrons. The number of carboxylic acids is 2. The quantitative estimate of drug-likeness (QED) is 0.600. The van der Waals surface area contributed by atoms with Crippen LogP contribution in [-0.4, -0.2) is 47.3 Å². The molecule has 0 aromatic carbocycles. The van der Waals surface area contributed by atoms with Crippen molar-refractivity contribution in [1.29, 1.82) is 0 Å². The zero-order valence-corrected chi connectivity index (χ0v) is 14.7. The molecule has 0 aromatic rings. The highest BCUT2D eigenvalue weighted by molar-refractivity contribution is 5.85. The summed E-state index contributed by atoms with van der Waals surface area (Å²) in [6.45, 7) is 5.78. The molecule has 6 nitrogen and oxygen atoms in total. The normalized spacial score (nSPS) is 30.6. The Morgan fingerprint density at radius 2 is 1.14 bits per heavy atom. The molecule has 4 N–H and O–H groups in total. The maximum absolute atomic E-state index is 10.5. The lowest BCUT2D eigenvalue weighted by Gasteiger charge is -2.26. The lowest BCUT2D eigenvalue weighted by Crippen LogP contribution is -2.42. The average molecular weight is 359 g/mol. The maximum Gasteiger partial charge on any atom is 0.308 e. The molecule has 132 valence electrons. The third kappa shape index (κ3) is 7.63. The van der Waals surface area contributed by atoms with Crippen LogP contribution in [0.2, 0.25) is 0 Å².